The molecule has 7 rings (SSSR count). The third-order valence-electron chi connectivity index (χ3n) is 22.4. The molecule has 21 heteroatoms. The summed E-state index contributed by atoms with van der Waals surface area (Å²) in [5, 5.41) is 58.3. The van der Waals surface area contributed by atoms with Gasteiger partial charge in [-0.2, -0.15) is 0 Å². The summed E-state index contributed by atoms with van der Waals surface area (Å²) in [6, 6.07) is 0. The SMILES string of the molecule is CC(C)CCCCCCn1nncc1CCC(C)C.CC(C)CCCCCc1cn(CC(C)C)nn1.CC(C)CCCCCc1cnnn1CCCC(C)C.CC(C)CCCCCn1cc(CC(C)C)nn1.CC(C)CCCCCn1nncc1CCCC(C)C.CC(C)CCCc1cn(CCCC(C)C)nn1.CC(C)CCCc1cn(CCCC(C)C)nn1. The molecule has 0 fully saturated rings. The highest BCUT2D eigenvalue weighted by atomic mass is 15.5. The van der Waals surface area contributed by atoms with E-state index < -0.39 is 0 Å². The van der Waals surface area contributed by atoms with Gasteiger partial charge in [-0.1, -0.05) is 352 Å². The van der Waals surface area contributed by atoms with Crippen molar-refractivity contribution in [1.82, 2.24) is 105 Å². The highest BCUT2D eigenvalue weighted by Gasteiger charge is 2.13. The Hall–Kier alpha value is -6.02. The summed E-state index contributed by atoms with van der Waals surface area (Å²) in [5.41, 5.74) is 8.50. The highest BCUT2D eigenvalue weighted by Crippen LogP contribution is 2.20. The van der Waals surface area contributed by atoms with Crippen LogP contribution in [0.1, 0.15) is 452 Å². The molecule has 7 heterocycles. The molecule has 0 radical (unpaired) electrons. The minimum atomic E-state index is 0.635. The third-order valence-corrected chi connectivity index (χ3v) is 22.4. The zero-order valence-corrected chi connectivity index (χ0v) is 87.0. The second-order valence-corrected chi connectivity index (χ2v) is 42.7. The van der Waals surface area contributed by atoms with Gasteiger partial charge in [0, 0.05) is 70.6 Å². The van der Waals surface area contributed by atoms with Gasteiger partial charge in [0.25, 0.3) is 0 Å². The number of aryl methyl sites for hydroxylation is 12. The Morgan fingerprint density at radius 1 is 0.192 bits per heavy atom. The van der Waals surface area contributed by atoms with E-state index in [0.717, 1.165) is 185 Å². The zero-order valence-electron chi connectivity index (χ0n) is 87.0. The van der Waals surface area contributed by atoms with Crippen LogP contribution in [0.4, 0.5) is 0 Å². The van der Waals surface area contributed by atoms with E-state index in [-0.39, 0.29) is 0 Å². The Labute approximate surface area is 769 Å². The molecule has 0 amide bonds. The molecule has 0 bridgehead atoms. The van der Waals surface area contributed by atoms with Crippen LogP contribution in [0, 0.1) is 82.9 Å². The van der Waals surface area contributed by atoms with Gasteiger partial charge >= 0.3 is 0 Å². The van der Waals surface area contributed by atoms with E-state index >= 15 is 0 Å². The van der Waals surface area contributed by atoms with Crippen molar-refractivity contribution in [3.8, 4) is 0 Å². The van der Waals surface area contributed by atoms with Crippen molar-refractivity contribution in [3.05, 3.63) is 83.2 Å². The van der Waals surface area contributed by atoms with Crippen LogP contribution in [-0.4, -0.2) is 105 Å². The number of aromatic nitrogens is 21. The first kappa shape index (κ1) is 117. The van der Waals surface area contributed by atoms with Gasteiger partial charge < -0.3 is 0 Å². The lowest BCUT2D eigenvalue weighted by Gasteiger charge is -2.08. The van der Waals surface area contributed by atoms with Crippen molar-refractivity contribution in [2.45, 2.75) is 503 Å². The van der Waals surface area contributed by atoms with Crippen LogP contribution in [-0.2, 0) is 90.8 Å². The Morgan fingerprint density at radius 2 is 0.432 bits per heavy atom. The highest BCUT2D eigenvalue weighted by molar-refractivity contribution is 4.98. The fraction of sp³-hybridized carbons (Fsp3) is 0.865. The molecule has 7 aromatic heterocycles. The van der Waals surface area contributed by atoms with Crippen molar-refractivity contribution >= 4 is 0 Å². The Morgan fingerprint density at radius 3 is 0.792 bits per heavy atom. The molecule has 0 atom stereocenters. The molecule has 0 aliphatic heterocycles. The van der Waals surface area contributed by atoms with E-state index in [1.165, 1.54) is 235 Å². The van der Waals surface area contributed by atoms with Gasteiger partial charge in [0.15, 0.2) is 0 Å². The number of rotatable bonds is 62. The average molecular weight is 1750 g/mol. The van der Waals surface area contributed by atoms with Gasteiger partial charge in [-0.3, -0.25) is 18.7 Å². The molecule has 0 unspecified atom stereocenters. The molecule has 125 heavy (non-hydrogen) atoms. The fourth-order valence-electron chi connectivity index (χ4n) is 14.7. The molecular weight excluding hydrogens is 1540 g/mol. The molecule has 21 nitrogen and oxygen atoms in total. The van der Waals surface area contributed by atoms with Gasteiger partial charge in [-0.05, 0) is 224 Å². The Kier molecular flexibility index (Phi) is 69.9. The summed E-state index contributed by atoms with van der Waals surface area (Å²) in [4.78, 5) is 0. The molecule has 0 saturated heterocycles. The molecule has 0 aromatic carbocycles. The Balaban J connectivity index is 0.000000730. The fourth-order valence-corrected chi connectivity index (χ4v) is 14.7. The van der Waals surface area contributed by atoms with Crippen LogP contribution >= 0.6 is 0 Å². The van der Waals surface area contributed by atoms with E-state index in [1.807, 2.05) is 37.3 Å². The lowest BCUT2D eigenvalue weighted by atomic mass is 10.0. The van der Waals surface area contributed by atoms with Crippen molar-refractivity contribution in [1.29, 1.82) is 0 Å². The molecule has 0 aliphatic rings. The predicted molar refractivity (Wildman–Crippen MR) is 531 cm³/mol. The number of hydrogen-bond donors (Lipinski definition) is 0. The molecule has 0 spiro atoms. The summed E-state index contributed by atoms with van der Waals surface area (Å²) >= 11 is 0. The summed E-state index contributed by atoms with van der Waals surface area (Å²) in [7, 11) is 0. The van der Waals surface area contributed by atoms with Crippen LogP contribution in [0.5, 0.6) is 0 Å². The summed E-state index contributed by atoms with van der Waals surface area (Å²) in [6.07, 6.45) is 65.7. The van der Waals surface area contributed by atoms with E-state index in [0.29, 0.717) is 11.8 Å². The van der Waals surface area contributed by atoms with Crippen molar-refractivity contribution < 1.29 is 0 Å². The molecule has 722 valence electrons. The molecule has 0 N–H and O–H groups in total. The van der Waals surface area contributed by atoms with E-state index in [2.05, 4.69) is 305 Å². The van der Waals surface area contributed by atoms with Gasteiger partial charge in [-0.25, -0.2) is 14.0 Å². The van der Waals surface area contributed by atoms with Gasteiger partial charge in [0.2, 0.25) is 0 Å². The number of hydrogen-bond acceptors (Lipinski definition) is 14. The standard InChI is InChI=1S/3C16H31N3.4C14H27N3/c1-14(2)9-6-5-7-12-19-16(13-17-18-19)11-8-10-15(3)4;1-14(2)9-6-5-7-11-16-13-17-18-19(16)12-8-10-15(3)4;1-14(2)9-7-5-6-8-12-19-16(13-17-18-19)11-10-15(3)4;2*1-12(2)7-5-9-14-11-17(16-15-14)10-6-8-13(3)4;1-12(2)8-6-5-7-9-17-11-14(15-16-17)10-13(3)4;1-12(2)8-6-5-7-9-14-11-17(16-15-14)10-13(3)4/h3*13-15H,5-12H2,1-4H3;4*11-13H,5-10H2,1-4H3. The Bertz CT molecular complexity index is 3200. The van der Waals surface area contributed by atoms with E-state index in [9.17, 15) is 0 Å². The number of nitrogens with zero attached hydrogens (tertiary/aromatic N) is 21. The van der Waals surface area contributed by atoms with Gasteiger partial charge in [0.05, 0.1) is 58.4 Å². The van der Waals surface area contributed by atoms with Crippen molar-refractivity contribution in [2.24, 2.45) is 82.9 Å². The largest absolute Gasteiger partial charge is 0.252 e. The molecule has 0 saturated carbocycles. The second-order valence-electron chi connectivity index (χ2n) is 42.7. The summed E-state index contributed by atoms with van der Waals surface area (Å²) in [5.74, 6) is 10.9. The second kappa shape index (κ2) is 74.7. The summed E-state index contributed by atoms with van der Waals surface area (Å²) in [6.45, 7) is 70.7. The summed E-state index contributed by atoms with van der Waals surface area (Å²) < 4.78 is 14.3. The monoisotopic (exact) mass is 1740 g/mol. The van der Waals surface area contributed by atoms with Crippen LogP contribution < -0.4 is 0 Å². The van der Waals surface area contributed by atoms with Crippen LogP contribution in [0.25, 0.3) is 0 Å². The first-order valence-corrected chi connectivity index (χ1v) is 51.8. The van der Waals surface area contributed by atoms with Gasteiger partial charge in [-0.15, -0.1) is 35.7 Å². The maximum Gasteiger partial charge on any atom is 0.0829 e. The average Bonchev–Trinajstić information content (AvgIpc) is 1.74. The first-order chi connectivity index (χ1) is 59.6. The maximum atomic E-state index is 4.22. The normalized spacial score (nSPS) is 11.7. The van der Waals surface area contributed by atoms with Gasteiger partial charge in [0.1, 0.15) is 0 Å². The molecular formula is C104H201N21. The van der Waals surface area contributed by atoms with Crippen molar-refractivity contribution in [2.75, 3.05) is 0 Å². The predicted octanol–water partition coefficient (Wildman–Crippen LogP) is 28.2. The van der Waals surface area contributed by atoms with Crippen LogP contribution in [0.15, 0.2) is 43.4 Å². The van der Waals surface area contributed by atoms with Crippen molar-refractivity contribution in [3.63, 3.8) is 0 Å². The zero-order chi connectivity index (χ0) is 93.0. The van der Waals surface area contributed by atoms with E-state index in [1.54, 1.807) is 0 Å². The molecule has 0 aliphatic carbocycles. The smallest absolute Gasteiger partial charge is 0.0829 e. The van der Waals surface area contributed by atoms with E-state index in [4.69, 9.17) is 0 Å². The molecule has 7 aromatic rings. The van der Waals surface area contributed by atoms with Crippen LogP contribution in [0.3, 0.4) is 0 Å². The topological polar surface area (TPSA) is 215 Å². The maximum absolute atomic E-state index is 4.22. The van der Waals surface area contributed by atoms with Crippen LogP contribution in [0.2, 0.25) is 0 Å². The third kappa shape index (κ3) is 70.6. The lowest BCUT2D eigenvalue weighted by molar-refractivity contribution is 0.468. The number of unbranched alkanes of at least 4 members (excludes halogenated alkanes) is 11. The minimum absolute atomic E-state index is 0.635. The quantitative estimate of drug-likeness (QED) is 0.0324. The lowest BCUT2D eigenvalue weighted by Crippen LogP contribution is -2.06. The first-order valence-electron chi connectivity index (χ1n) is 51.8. The minimum Gasteiger partial charge on any atom is -0.252 e.